The quantitative estimate of drug-likeness (QED) is 0.165. The van der Waals surface area contributed by atoms with E-state index >= 15 is 0 Å². The fourth-order valence-electron chi connectivity index (χ4n) is 8.84. The average molecular weight is 740 g/mol. The number of nitrogens with zero attached hydrogens (tertiary/aromatic N) is 5. The van der Waals surface area contributed by atoms with Crippen LogP contribution in [0, 0.1) is 0 Å². The molecule has 4 aromatic heterocycles. The lowest BCUT2D eigenvalue weighted by Gasteiger charge is -2.15. The van der Waals surface area contributed by atoms with Crippen LogP contribution in [0.4, 0.5) is 0 Å². The average Bonchev–Trinajstić information content (AvgIpc) is 3.85. The number of pyridine rings is 1. The Labute approximate surface area is 333 Å². The molecule has 12 rings (SSSR count). The maximum atomic E-state index is 5.17. The lowest BCUT2D eigenvalue weighted by Crippen LogP contribution is -2.02. The molecule has 0 saturated heterocycles. The van der Waals surface area contributed by atoms with Crippen molar-refractivity contribution in [2.24, 2.45) is 0 Å². The summed E-state index contributed by atoms with van der Waals surface area (Å²) in [5, 5.41) is 7.35. The third-order valence-corrected chi connectivity index (χ3v) is 11.5. The Balaban J connectivity index is 1.18. The lowest BCUT2D eigenvalue weighted by molar-refractivity contribution is 1.07. The molecule has 0 unspecified atom stereocenters. The van der Waals surface area contributed by atoms with E-state index in [-0.39, 0.29) is 0 Å². The maximum Gasteiger partial charge on any atom is 0.164 e. The van der Waals surface area contributed by atoms with Crippen LogP contribution in [0.1, 0.15) is 0 Å². The molecule has 4 heterocycles. The molecule has 0 bridgehead atoms. The van der Waals surface area contributed by atoms with Gasteiger partial charge in [-0.05, 0) is 65.0 Å². The molecule has 0 fully saturated rings. The van der Waals surface area contributed by atoms with E-state index < -0.39 is 0 Å². The van der Waals surface area contributed by atoms with Crippen molar-refractivity contribution in [3.05, 3.63) is 200 Å². The SMILES string of the molecule is c1ccc(-c2cc(-c3nc(-c4ccccc4)nc(-c4ccccc4)n3)cc(-n3c4ccccc4c4cc5c6ccccc6c6cc7ccccc7n6c5cc43)c2)cc1. The highest BCUT2D eigenvalue weighted by molar-refractivity contribution is 6.21. The molecular formula is C53H33N5. The van der Waals surface area contributed by atoms with Gasteiger partial charge in [0.15, 0.2) is 17.5 Å². The number of rotatable bonds is 5. The molecule has 58 heavy (non-hydrogen) atoms. The van der Waals surface area contributed by atoms with Crippen LogP contribution in [0.25, 0.3) is 111 Å². The van der Waals surface area contributed by atoms with Crippen LogP contribution < -0.4 is 0 Å². The summed E-state index contributed by atoms with van der Waals surface area (Å²) in [5.41, 5.74) is 11.8. The molecule has 0 N–H and O–H groups in total. The molecular weight excluding hydrogens is 707 g/mol. The van der Waals surface area contributed by atoms with Crippen molar-refractivity contribution in [3.8, 4) is 51.0 Å². The third-order valence-electron chi connectivity index (χ3n) is 11.5. The fraction of sp³-hybridized carbons (Fsp3) is 0. The van der Waals surface area contributed by atoms with Crippen molar-refractivity contribution in [2.75, 3.05) is 0 Å². The number of aromatic nitrogens is 5. The highest BCUT2D eigenvalue weighted by atomic mass is 15.0. The van der Waals surface area contributed by atoms with Crippen molar-refractivity contribution in [3.63, 3.8) is 0 Å². The van der Waals surface area contributed by atoms with Crippen molar-refractivity contribution in [2.45, 2.75) is 0 Å². The van der Waals surface area contributed by atoms with Gasteiger partial charge < -0.3 is 8.97 Å². The van der Waals surface area contributed by atoms with Crippen LogP contribution in [0.15, 0.2) is 200 Å². The first-order valence-electron chi connectivity index (χ1n) is 19.6. The summed E-state index contributed by atoms with van der Waals surface area (Å²) in [6, 6.07) is 71.1. The van der Waals surface area contributed by atoms with Gasteiger partial charge in [-0.3, -0.25) is 0 Å². The highest BCUT2D eigenvalue weighted by Crippen LogP contribution is 2.41. The lowest BCUT2D eigenvalue weighted by atomic mass is 10.0. The Hall–Kier alpha value is -7.89. The van der Waals surface area contributed by atoms with Crippen molar-refractivity contribution in [1.82, 2.24) is 23.9 Å². The zero-order valence-corrected chi connectivity index (χ0v) is 31.3. The Kier molecular flexibility index (Phi) is 7.16. The molecule has 12 aromatic rings. The maximum absolute atomic E-state index is 5.17. The van der Waals surface area contributed by atoms with E-state index in [0.717, 1.165) is 44.5 Å². The monoisotopic (exact) mass is 739 g/mol. The first-order chi connectivity index (χ1) is 28.7. The molecule has 0 saturated carbocycles. The molecule has 5 heteroatoms. The van der Waals surface area contributed by atoms with Crippen molar-refractivity contribution >= 4 is 59.9 Å². The molecule has 0 radical (unpaired) electrons. The number of hydrogen-bond acceptors (Lipinski definition) is 3. The van der Waals surface area contributed by atoms with Gasteiger partial charge in [0.05, 0.1) is 27.6 Å². The molecule has 0 aliphatic heterocycles. The Morgan fingerprint density at radius 1 is 0.276 bits per heavy atom. The Morgan fingerprint density at radius 3 is 1.43 bits per heavy atom. The van der Waals surface area contributed by atoms with E-state index in [9.17, 15) is 0 Å². The van der Waals surface area contributed by atoms with Gasteiger partial charge in [-0.25, -0.2) is 15.0 Å². The number of benzene rings is 8. The van der Waals surface area contributed by atoms with Gasteiger partial charge in [-0.2, -0.15) is 0 Å². The van der Waals surface area contributed by atoms with E-state index in [1.54, 1.807) is 0 Å². The molecule has 270 valence electrons. The van der Waals surface area contributed by atoms with Crippen LogP contribution in [0.3, 0.4) is 0 Å². The first-order valence-corrected chi connectivity index (χ1v) is 19.6. The predicted molar refractivity (Wildman–Crippen MR) is 239 cm³/mol. The highest BCUT2D eigenvalue weighted by Gasteiger charge is 2.20. The van der Waals surface area contributed by atoms with Crippen LogP contribution >= 0.6 is 0 Å². The summed E-state index contributed by atoms with van der Waals surface area (Å²) >= 11 is 0. The summed E-state index contributed by atoms with van der Waals surface area (Å²) in [5.74, 6) is 1.88. The fourth-order valence-corrected chi connectivity index (χ4v) is 8.84. The third kappa shape index (κ3) is 5.07. The molecule has 8 aromatic carbocycles. The molecule has 5 nitrogen and oxygen atoms in total. The summed E-state index contributed by atoms with van der Waals surface area (Å²) in [6.45, 7) is 0. The largest absolute Gasteiger partial charge is 0.309 e. The Morgan fingerprint density at radius 2 is 0.759 bits per heavy atom. The zero-order chi connectivity index (χ0) is 38.2. The second kappa shape index (κ2) is 12.8. The van der Waals surface area contributed by atoms with Crippen molar-refractivity contribution < 1.29 is 0 Å². The standard InChI is InChI=1S/C53H33N5/c1-4-16-34(17-5-1)38-28-39(53-55-51(35-18-6-2-7-19-35)54-52(56-53)36-20-8-3-9-21-36)30-40(29-38)57-47-27-15-13-25-43(47)45-32-44-41-23-11-12-24-42(41)48-31-37-22-10-14-26-46(37)58(48)50(44)33-49(45)57/h1-33H. The number of hydrogen-bond donors (Lipinski definition) is 0. The van der Waals surface area contributed by atoms with E-state index in [2.05, 4.69) is 173 Å². The van der Waals surface area contributed by atoms with Crippen LogP contribution in [-0.4, -0.2) is 23.9 Å². The minimum atomic E-state index is 0.616. The van der Waals surface area contributed by atoms with Gasteiger partial charge in [-0.15, -0.1) is 0 Å². The topological polar surface area (TPSA) is 48.0 Å². The minimum absolute atomic E-state index is 0.616. The number of fused-ring (bicyclic) bond motifs is 11. The van der Waals surface area contributed by atoms with E-state index in [0.29, 0.717) is 17.5 Å². The molecule has 0 atom stereocenters. The minimum Gasteiger partial charge on any atom is -0.309 e. The molecule has 0 aliphatic rings. The first kappa shape index (κ1) is 32.4. The summed E-state index contributed by atoms with van der Waals surface area (Å²) in [4.78, 5) is 15.3. The van der Waals surface area contributed by atoms with Gasteiger partial charge in [0.2, 0.25) is 0 Å². The molecule has 0 aliphatic carbocycles. The van der Waals surface area contributed by atoms with Gasteiger partial charge in [0.1, 0.15) is 0 Å². The van der Waals surface area contributed by atoms with E-state index in [4.69, 9.17) is 15.0 Å². The zero-order valence-electron chi connectivity index (χ0n) is 31.3. The second-order valence-corrected chi connectivity index (χ2v) is 14.9. The van der Waals surface area contributed by atoms with Crippen molar-refractivity contribution in [1.29, 1.82) is 0 Å². The molecule has 0 spiro atoms. The van der Waals surface area contributed by atoms with Gasteiger partial charge in [0, 0.05) is 49.3 Å². The van der Waals surface area contributed by atoms with Crippen LogP contribution in [0.2, 0.25) is 0 Å². The van der Waals surface area contributed by atoms with Crippen LogP contribution in [0.5, 0.6) is 0 Å². The van der Waals surface area contributed by atoms with Gasteiger partial charge >= 0.3 is 0 Å². The van der Waals surface area contributed by atoms with Gasteiger partial charge in [0.25, 0.3) is 0 Å². The normalized spacial score (nSPS) is 11.8. The van der Waals surface area contributed by atoms with Crippen LogP contribution in [-0.2, 0) is 0 Å². The number of para-hydroxylation sites is 2. The summed E-state index contributed by atoms with van der Waals surface area (Å²) < 4.78 is 4.87. The molecule has 0 amide bonds. The van der Waals surface area contributed by atoms with E-state index in [1.165, 1.54) is 48.9 Å². The smallest absolute Gasteiger partial charge is 0.164 e. The summed E-state index contributed by atoms with van der Waals surface area (Å²) in [6.07, 6.45) is 0. The predicted octanol–water partition coefficient (Wildman–Crippen LogP) is 13.3. The van der Waals surface area contributed by atoms with Gasteiger partial charge in [-0.1, -0.05) is 152 Å². The summed E-state index contributed by atoms with van der Waals surface area (Å²) in [7, 11) is 0. The Bertz CT molecular complexity index is 3490. The van der Waals surface area contributed by atoms with E-state index in [1.807, 2.05) is 36.4 Å². The second-order valence-electron chi connectivity index (χ2n) is 14.9.